The Bertz CT molecular complexity index is 716. The predicted molar refractivity (Wildman–Crippen MR) is 91.8 cm³/mol. The van der Waals surface area contributed by atoms with Crippen LogP contribution >= 0.6 is 12.2 Å². The largest absolute Gasteiger partial charge is 0.493 e. The van der Waals surface area contributed by atoms with Crippen LogP contribution in [-0.4, -0.2) is 59.2 Å². The average molecular weight is 350 g/mol. The molecule has 24 heavy (non-hydrogen) atoms. The number of carbonyl (C=O) groups excluding carboxylic acids is 1. The van der Waals surface area contributed by atoms with E-state index in [1.165, 1.54) is 12.0 Å². The van der Waals surface area contributed by atoms with E-state index in [0.717, 1.165) is 0 Å². The second-order valence-corrected chi connectivity index (χ2v) is 5.38. The number of benzene rings is 1. The lowest BCUT2D eigenvalue weighted by Gasteiger charge is -2.13. The first-order valence-corrected chi connectivity index (χ1v) is 7.63. The summed E-state index contributed by atoms with van der Waals surface area (Å²) in [5, 5.41) is 9.14. The molecular weight excluding hydrogens is 332 g/mol. The summed E-state index contributed by atoms with van der Waals surface area (Å²) >= 11 is 5.25. The van der Waals surface area contributed by atoms with E-state index in [-0.39, 0.29) is 5.91 Å². The Labute approximate surface area is 145 Å². The van der Waals surface area contributed by atoms with E-state index in [1.807, 2.05) is 6.92 Å². The van der Waals surface area contributed by atoms with Gasteiger partial charge < -0.3 is 19.5 Å². The second-order valence-electron chi connectivity index (χ2n) is 5.01. The number of ether oxygens (including phenoxy) is 2. The van der Waals surface area contributed by atoms with Gasteiger partial charge in [0, 0.05) is 13.6 Å². The summed E-state index contributed by atoms with van der Waals surface area (Å²) in [5.41, 5.74) is 1.17. The number of thiocarbonyl (C=S) groups is 1. The van der Waals surface area contributed by atoms with Crippen LogP contribution in [-0.2, 0) is 9.59 Å². The third kappa shape index (κ3) is 3.48. The molecule has 0 spiro atoms. The van der Waals surface area contributed by atoms with Crippen LogP contribution < -0.4 is 9.47 Å². The first-order valence-electron chi connectivity index (χ1n) is 7.23. The van der Waals surface area contributed by atoms with Crippen molar-refractivity contribution in [2.45, 2.75) is 6.92 Å². The highest BCUT2D eigenvalue weighted by atomic mass is 32.1. The van der Waals surface area contributed by atoms with E-state index in [9.17, 15) is 9.59 Å². The van der Waals surface area contributed by atoms with E-state index in [2.05, 4.69) is 0 Å². The van der Waals surface area contributed by atoms with Gasteiger partial charge in [0.15, 0.2) is 23.2 Å². The van der Waals surface area contributed by atoms with Crippen molar-refractivity contribution in [1.82, 2.24) is 9.80 Å². The van der Waals surface area contributed by atoms with Gasteiger partial charge in [0.05, 0.1) is 7.11 Å². The summed E-state index contributed by atoms with van der Waals surface area (Å²) in [6, 6.07) is 4.98. The fourth-order valence-electron chi connectivity index (χ4n) is 2.28. The molecule has 1 aromatic rings. The predicted octanol–water partition coefficient (Wildman–Crippen LogP) is 1.58. The fourth-order valence-corrected chi connectivity index (χ4v) is 2.59. The van der Waals surface area contributed by atoms with E-state index in [1.54, 1.807) is 36.2 Å². The number of carboxylic acid groups (broad SMARTS) is 1. The molecule has 0 saturated carbocycles. The molecule has 1 aliphatic rings. The summed E-state index contributed by atoms with van der Waals surface area (Å²) in [6.07, 6.45) is 1.70. The van der Waals surface area contributed by atoms with Gasteiger partial charge in [0.1, 0.15) is 5.70 Å². The highest BCUT2D eigenvalue weighted by Gasteiger charge is 2.34. The molecule has 128 valence electrons. The zero-order valence-corrected chi connectivity index (χ0v) is 14.4. The minimum Gasteiger partial charge on any atom is -0.493 e. The number of hydrogen-bond donors (Lipinski definition) is 1. The Morgan fingerprint density at radius 1 is 1.38 bits per heavy atom. The number of carboxylic acids is 1. The van der Waals surface area contributed by atoms with Crippen molar-refractivity contribution in [2.24, 2.45) is 0 Å². The van der Waals surface area contributed by atoms with Crippen molar-refractivity contribution in [3.63, 3.8) is 0 Å². The van der Waals surface area contributed by atoms with Crippen molar-refractivity contribution in [3.05, 3.63) is 29.5 Å². The molecule has 0 aliphatic carbocycles. The third-order valence-corrected chi connectivity index (χ3v) is 4.00. The van der Waals surface area contributed by atoms with E-state index in [0.29, 0.717) is 34.4 Å². The van der Waals surface area contributed by atoms with Crippen molar-refractivity contribution < 1.29 is 24.2 Å². The first kappa shape index (κ1) is 17.7. The molecule has 0 unspecified atom stereocenters. The maximum absolute atomic E-state index is 12.4. The van der Waals surface area contributed by atoms with Crippen LogP contribution in [0.5, 0.6) is 11.5 Å². The SMILES string of the molecule is CCN1C(=O)C(=Cc2ccc(OCC(=O)O)c(OC)c2)N(C)C1=S. The number of methoxy groups -OCH3 is 1. The molecule has 1 aromatic carbocycles. The molecule has 1 amide bonds. The summed E-state index contributed by atoms with van der Waals surface area (Å²) < 4.78 is 10.4. The van der Waals surface area contributed by atoms with Crippen LogP contribution in [0.25, 0.3) is 6.08 Å². The molecule has 1 aliphatic heterocycles. The number of likely N-dealkylation sites (N-methyl/N-ethyl adjacent to an activating group) is 2. The Morgan fingerprint density at radius 3 is 2.62 bits per heavy atom. The highest BCUT2D eigenvalue weighted by molar-refractivity contribution is 7.80. The summed E-state index contributed by atoms with van der Waals surface area (Å²) in [6.45, 7) is 1.90. The van der Waals surface area contributed by atoms with Crippen LogP contribution in [0.3, 0.4) is 0 Å². The summed E-state index contributed by atoms with van der Waals surface area (Å²) in [7, 11) is 3.20. The van der Waals surface area contributed by atoms with Gasteiger partial charge in [-0.25, -0.2) is 4.79 Å². The molecule has 2 rings (SSSR count). The van der Waals surface area contributed by atoms with Crippen molar-refractivity contribution >= 4 is 35.3 Å². The first-order chi connectivity index (χ1) is 11.4. The Balaban J connectivity index is 2.31. The van der Waals surface area contributed by atoms with Crippen molar-refractivity contribution in [2.75, 3.05) is 27.3 Å². The van der Waals surface area contributed by atoms with Gasteiger partial charge in [-0.15, -0.1) is 0 Å². The van der Waals surface area contributed by atoms with Gasteiger partial charge in [0.25, 0.3) is 5.91 Å². The highest BCUT2D eigenvalue weighted by Crippen LogP contribution is 2.30. The summed E-state index contributed by atoms with van der Waals surface area (Å²) in [5.74, 6) is -0.530. The van der Waals surface area contributed by atoms with Crippen LogP contribution in [0.15, 0.2) is 23.9 Å². The molecule has 1 heterocycles. The Kier molecular flexibility index (Phi) is 5.40. The molecule has 8 heteroatoms. The lowest BCUT2D eigenvalue weighted by atomic mass is 10.1. The van der Waals surface area contributed by atoms with Crippen LogP contribution in [0, 0.1) is 0 Å². The number of aliphatic carboxylic acids is 1. The average Bonchev–Trinajstić information content (AvgIpc) is 2.76. The lowest BCUT2D eigenvalue weighted by molar-refractivity contribution is -0.139. The smallest absolute Gasteiger partial charge is 0.341 e. The molecule has 7 nitrogen and oxygen atoms in total. The minimum absolute atomic E-state index is 0.157. The Hall–Kier alpha value is -2.61. The number of amides is 1. The van der Waals surface area contributed by atoms with Gasteiger partial charge in [-0.1, -0.05) is 6.07 Å². The van der Waals surface area contributed by atoms with Gasteiger partial charge in [-0.3, -0.25) is 9.69 Å². The maximum atomic E-state index is 12.4. The minimum atomic E-state index is -1.07. The van der Waals surface area contributed by atoms with Crippen LogP contribution in [0.2, 0.25) is 0 Å². The van der Waals surface area contributed by atoms with Gasteiger partial charge >= 0.3 is 5.97 Å². The van der Waals surface area contributed by atoms with Crippen LogP contribution in [0.4, 0.5) is 0 Å². The molecule has 1 saturated heterocycles. The zero-order valence-electron chi connectivity index (χ0n) is 13.6. The third-order valence-electron chi connectivity index (χ3n) is 3.50. The standard InChI is InChI=1S/C16H18N2O5S/c1-4-18-15(21)11(17(2)16(18)24)7-10-5-6-12(13(8-10)22-3)23-9-14(19)20/h5-8H,4,9H2,1-3H3,(H,19,20). The normalized spacial score (nSPS) is 16.0. The van der Waals surface area contributed by atoms with Crippen molar-refractivity contribution in [1.29, 1.82) is 0 Å². The monoisotopic (exact) mass is 350 g/mol. The van der Waals surface area contributed by atoms with Gasteiger partial charge in [-0.05, 0) is 42.9 Å². The van der Waals surface area contributed by atoms with Gasteiger partial charge in [0.2, 0.25) is 0 Å². The molecule has 1 N–H and O–H groups in total. The second kappa shape index (κ2) is 7.31. The van der Waals surface area contributed by atoms with Gasteiger partial charge in [-0.2, -0.15) is 0 Å². The van der Waals surface area contributed by atoms with E-state index < -0.39 is 12.6 Å². The lowest BCUT2D eigenvalue weighted by Crippen LogP contribution is -2.30. The molecule has 0 aromatic heterocycles. The maximum Gasteiger partial charge on any atom is 0.341 e. The Morgan fingerprint density at radius 2 is 2.08 bits per heavy atom. The molecule has 0 bridgehead atoms. The molecular formula is C16H18N2O5S. The molecule has 0 radical (unpaired) electrons. The summed E-state index contributed by atoms with van der Waals surface area (Å²) in [4.78, 5) is 26.1. The number of carbonyl (C=O) groups is 2. The van der Waals surface area contributed by atoms with Crippen LogP contribution in [0.1, 0.15) is 12.5 Å². The van der Waals surface area contributed by atoms with E-state index in [4.69, 9.17) is 26.8 Å². The topological polar surface area (TPSA) is 79.3 Å². The van der Waals surface area contributed by atoms with Crippen molar-refractivity contribution in [3.8, 4) is 11.5 Å². The molecule has 1 fully saturated rings. The quantitative estimate of drug-likeness (QED) is 0.616. The number of nitrogens with zero attached hydrogens (tertiary/aromatic N) is 2. The van der Waals surface area contributed by atoms with E-state index >= 15 is 0 Å². The fraction of sp³-hybridized carbons (Fsp3) is 0.312. The molecule has 0 atom stereocenters. The number of rotatable bonds is 6. The zero-order chi connectivity index (χ0) is 17.9. The number of hydrogen-bond acceptors (Lipinski definition) is 5.